The van der Waals surface area contributed by atoms with Crippen LogP contribution in [0, 0.1) is 17.9 Å². The molecule has 0 saturated carbocycles. The quantitative estimate of drug-likeness (QED) is 0.165. The van der Waals surface area contributed by atoms with E-state index in [9.17, 15) is 5.26 Å². The van der Waals surface area contributed by atoms with Crippen LogP contribution in [0.5, 0.6) is 5.75 Å². The van der Waals surface area contributed by atoms with E-state index in [1.54, 1.807) is 11.3 Å². The van der Waals surface area contributed by atoms with Crippen LogP contribution in [0.3, 0.4) is 0 Å². The first-order valence-electron chi connectivity index (χ1n) is 18.2. The summed E-state index contributed by atoms with van der Waals surface area (Å²) in [6.45, 7) is 9.79. The highest BCUT2D eigenvalue weighted by atomic mass is 32.1. The summed E-state index contributed by atoms with van der Waals surface area (Å²) in [6.07, 6.45) is 0. The Labute approximate surface area is 327 Å². The summed E-state index contributed by atoms with van der Waals surface area (Å²) in [5.41, 5.74) is 8.88. The van der Waals surface area contributed by atoms with E-state index < -0.39 is 5.60 Å². The fourth-order valence-corrected chi connectivity index (χ4v) is 8.87. The van der Waals surface area contributed by atoms with Crippen molar-refractivity contribution in [3.05, 3.63) is 186 Å². The molecule has 9 aromatic rings. The molecular formula is C49H29N5OS. The zero-order valence-corrected chi connectivity index (χ0v) is 30.9. The number of fused-ring (bicyclic) bond motifs is 6. The van der Waals surface area contributed by atoms with Crippen LogP contribution in [-0.2, 0) is 5.60 Å². The van der Waals surface area contributed by atoms with Crippen LogP contribution >= 0.6 is 11.3 Å². The van der Waals surface area contributed by atoms with Gasteiger partial charge >= 0.3 is 0 Å². The van der Waals surface area contributed by atoms with E-state index in [1.165, 1.54) is 0 Å². The Morgan fingerprint density at radius 2 is 1.21 bits per heavy atom. The number of hydrogen-bond acceptors (Lipinski definition) is 6. The second-order valence-corrected chi connectivity index (χ2v) is 15.0. The van der Waals surface area contributed by atoms with E-state index in [0.29, 0.717) is 34.3 Å². The van der Waals surface area contributed by atoms with Gasteiger partial charge in [0, 0.05) is 48.0 Å². The van der Waals surface area contributed by atoms with Gasteiger partial charge in [-0.15, -0.1) is 11.3 Å². The number of benzene rings is 7. The zero-order chi connectivity index (χ0) is 37.8. The SMILES string of the molecule is [C-]#[N+]c1ccc2c(c1)-c1ccc(-c3ccc4c(c3)sc3cc(-c5nc(-c6ccccc6)nc(-c6ccccc6)n5)c(C#N)cc34)cc1OC2(C)c1ccccc1. The molecule has 1 aliphatic rings. The number of rotatable bonds is 5. The van der Waals surface area contributed by atoms with Gasteiger partial charge in [-0.05, 0) is 59.5 Å². The average molecular weight is 736 g/mol. The molecule has 262 valence electrons. The van der Waals surface area contributed by atoms with E-state index in [1.807, 2.05) is 109 Å². The van der Waals surface area contributed by atoms with Gasteiger partial charge in [0.2, 0.25) is 0 Å². The van der Waals surface area contributed by atoms with Crippen LogP contribution in [0.15, 0.2) is 158 Å². The third-order valence-corrected chi connectivity index (χ3v) is 11.7. The number of nitriles is 1. The number of nitrogens with zero attached hydrogens (tertiary/aromatic N) is 5. The molecule has 0 radical (unpaired) electrons. The second-order valence-electron chi connectivity index (χ2n) is 13.9. The van der Waals surface area contributed by atoms with E-state index in [-0.39, 0.29) is 0 Å². The lowest BCUT2D eigenvalue weighted by atomic mass is 9.80. The van der Waals surface area contributed by atoms with Crippen LogP contribution in [0.25, 0.3) is 81.4 Å². The summed E-state index contributed by atoms with van der Waals surface area (Å²) in [7, 11) is 0. The maximum absolute atomic E-state index is 10.5. The fourth-order valence-electron chi connectivity index (χ4n) is 7.70. The summed E-state index contributed by atoms with van der Waals surface area (Å²) >= 11 is 1.68. The number of hydrogen-bond donors (Lipinski definition) is 0. The Bertz CT molecular complexity index is 3030. The minimum atomic E-state index is -0.739. The molecule has 7 aromatic carbocycles. The summed E-state index contributed by atoms with van der Waals surface area (Å²) in [5, 5.41) is 12.6. The van der Waals surface area contributed by atoms with Crippen molar-refractivity contribution in [1.29, 1.82) is 5.26 Å². The van der Waals surface area contributed by atoms with Crippen molar-refractivity contribution in [3.8, 4) is 68.2 Å². The summed E-state index contributed by atoms with van der Waals surface area (Å²) < 4.78 is 9.07. The van der Waals surface area contributed by atoms with E-state index in [4.69, 9.17) is 26.3 Å². The van der Waals surface area contributed by atoms with Crippen LogP contribution in [0.2, 0.25) is 0 Å². The monoisotopic (exact) mass is 735 g/mol. The fraction of sp³-hybridized carbons (Fsp3) is 0.0408. The average Bonchev–Trinajstić information content (AvgIpc) is 3.63. The molecular weight excluding hydrogens is 707 g/mol. The van der Waals surface area contributed by atoms with Crippen molar-refractivity contribution in [1.82, 2.24) is 15.0 Å². The molecule has 0 aliphatic carbocycles. The van der Waals surface area contributed by atoms with Gasteiger partial charge in [0.1, 0.15) is 5.75 Å². The maximum Gasteiger partial charge on any atom is 0.187 e. The molecule has 1 unspecified atom stereocenters. The highest BCUT2D eigenvalue weighted by Crippen LogP contribution is 2.50. The summed E-state index contributed by atoms with van der Waals surface area (Å²) in [4.78, 5) is 18.4. The number of aromatic nitrogens is 3. The van der Waals surface area contributed by atoms with Crippen molar-refractivity contribution in [2.24, 2.45) is 0 Å². The predicted octanol–water partition coefficient (Wildman–Crippen LogP) is 12.7. The van der Waals surface area contributed by atoms with Crippen LogP contribution in [-0.4, -0.2) is 15.0 Å². The Kier molecular flexibility index (Phi) is 7.78. The normalized spacial score (nSPS) is 14.3. The van der Waals surface area contributed by atoms with Gasteiger partial charge in [0.05, 0.1) is 18.2 Å². The third kappa shape index (κ3) is 5.50. The van der Waals surface area contributed by atoms with Crippen LogP contribution in [0.4, 0.5) is 5.69 Å². The first-order chi connectivity index (χ1) is 27.5. The Hall–Kier alpha value is -7.45. The molecule has 10 rings (SSSR count). The van der Waals surface area contributed by atoms with E-state index in [2.05, 4.69) is 66.4 Å². The molecule has 0 amide bonds. The molecule has 0 N–H and O–H groups in total. The molecule has 0 spiro atoms. The highest BCUT2D eigenvalue weighted by Gasteiger charge is 2.38. The lowest BCUT2D eigenvalue weighted by Gasteiger charge is -2.38. The standard InChI is InChI=1S/C49H29N5OS/c1-49(35-16-10-5-11-17-35)42-23-20-36(51-2)27-40(42)37-21-18-32(25-43(37)55-49)33-19-22-38-41-24-34(29-50)39(28-45(41)56-44(38)26-33)48-53-46(30-12-6-3-7-13-30)52-47(54-48)31-14-8-4-9-15-31/h3-28H,1H3. The Morgan fingerprint density at radius 1 is 0.589 bits per heavy atom. The Morgan fingerprint density at radius 3 is 1.89 bits per heavy atom. The molecule has 1 aliphatic heterocycles. The molecule has 56 heavy (non-hydrogen) atoms. The van der Waals surface area contributed by atoms with Gasteiger partial charge in [0.25, 0.3) is 0 Å². The topological polar surface area (TPSA) is 76.0 Å². The minimum Gasteiger partial charge on any atom is -0.477 e. The summed E-state index contributed by atoms with van der Waals surface area (Å²) in [6, 6.07) is 55.0. The third-order valence-electron chi connectivity index (χ3n) is 10.6. The second kappa shape index (κ2) is 13.1. The maximum atomic E-state index is 10.5. The van der Waals surface area contributed by atoms with Crippen LogP contribution < -0.4 is 4.74 Å². The van der Waals surface area contributed by atoms with E-state index >= 15 is 0 Å². The molecule has 7 heteroatoms. The van der Waals surface area contributed by atoms with Crippen LogP contribution in [0.1, 0.15) is 23.6 Å². The molecule has 0 fully saturated rings. The molecule has 2 aromatic heterocycles. The predicted molar refractivity (Wildman–Crippen MR) is 224 cm³/mol. The van der Waals surface area contributed by atoms with Crippen molar-refractivity contribution in [3.63, 3.8) is 0 Å². The first kappa shape index (κ1) is 33.1. The van der Waals surface area contributed by atoms with E-state index in [0.717, 1.165) is 70.4 Å². The lowest BCUT2D eigenvalue weighted by Crippen LogP contribution is -2.34. The van der Waals surface area contributed by atoms with Crippen molar-refractivity contribution < 1.29 is 4.74 Å². The largest absolute Gasteiger partial charge is 0.477 e. The molecule has 1 atom stereocenters. The molecule has 6 nitrogen and oxygen atoms in total. The van der Waals surface area contributed by atoms with Gasteiger partial charge in [-0.25, -0.2) is 19.8 Å². The molecule has 3 heterocycles. The van der Waals surface area contributed by atoms with Crippen molar-refractivity contribution >= 4 is 37.2 Å². The van der Waals surface area contributed by atoms with Gasteiger partial charge in [-0.3, -0.25) is 0 Å². The lowest BCUT2D eigenvalue weighted by molar-refractivity contribution is 0.129. The smallest absolute Gasteiger partial charge is 0.187 e. The first-order valence-corrected chi connectivity index (χ1v) is 19.0. The van der Waals surface area contributed by atoms with Gasteiger partial charge < -0.3 is 4.74 Å². The van der Waals surface area contributed by atoms with Gasteiger partial charge in [-0.2, -0.15) is 5.26 Å². The number of thiophene rings is 1. The van der Waals surface area contributed by atoms with Gasteiger partial charge in [0.15, 0.2) is 28.8 Å². The van der Waals surface area contributed by atoms with Crippen molar-refractivity contribution in [2.75, 3.05) is 0 Å². The van der Waals surface area contributed by atoms with Gasteiger partial charge in [-0.1, -0.05) is 127 Å². The zero-order valence-electron chi connectivity index (χ0n) is 30.1. The summed E-state index contributed by atoms with van der Waals surface area (Å²) in [5.74, 6) is 2.32. The minimum absolute atomic E-state index is 0.455. The van der Waals surface area contributed by atoms with Crippen molar-refractivity contribution in [2.45, 2.75) is 12.5 Å². The molecule has 0 bridgehead atoms. The highest BCUT2D eigenvalue weighted by molar-refractivity contribution is 7.25. The number of ether oxygens (including phenoxy) is 1. The molecule has 0 saturated heterocycles. The Balaban J connectivity index is 1.08.